The molecule has 3 heterocycles. The molecule has 0 radical (unpaired) electrons. The Hall–Kier alpha value is -3.98. The number of hydrogen-bond acceptors (Lipinski definition) is 5. The number of aryl methyl sites for hydroxylation is 1. The van der Waals surface area contributed by atoms with Crippen LogP contribution in [-0.2, 0) is 9.59 Å². The summed E-state index contributed by atoms with van der Waals surface area (Å²) in [4.78, 5) is 43.5. The molecule has 31 heavy (non-hydrogen) atoms. The van der Waals surface area contributed by atoms with Crippen molar-refractivity contribution in [2.24, 2.45) is 11.8 Å². The van der Waals surface area contributed by atoms with Crippen LogP contribution in [0, 0.1) is 30.1 Å². The number of nitriles is 1. The van der Waals surface area contributed by atoms with Gasteiger partial charge in [-0.2, -0.15) is 5.26 Å². The molecular weight excluding hydrogens is 390 g/mol. The number of rotatable bonds is 3. The number of carbonyl (C=O) groups excluding carboxylic acids is 3. The lowest BCUT2D eigenvalue weighted by atomic mass is 9.86. The minimum atomic E-state index is -0.814. The average molecular weight is 409 g/mol. The first kappa shape index (κ1) is 19.0. The van der Waals surface area contributed by atoms with Crippen LogP contribution in [0.4, 0.5) is 5.69 Å². The van der Waals surface area contributed by atoms with Gasteiger partial charge in [0, 0.05) is 11.8 Å². The lowest BCUT2D eigenvalue weighted by molar-refractivity contribution is -0.123. The summed E-state index contributed by atoms with van der Waals surface area (Å²) < 4.78 is 0. The fourth-order valence-electron chi connectivity index (χ4n) is 4.84. The minimum absolute atomic E-state index is 0.205. The van der Waals surface area contributed by atoms with E-state index in [4.69, 9.17) is 0 Å². The molecule has 3 aliphatic rings. The van der Waals surface area contributed by atoms with Gasteiger partial charge >= 0.3 is 0 Å². The molecule has 2 fully saturated rings. The molecule has 3 aliphatic heterocycles. The Balaban J connectivity index is 1.61. The molecule has 0 aliphatic carbocycles. The van der Waals surface area contributed by atoms with Crippen molar-refractivity contribution in [2.75, 3.05) is 4.90 Å². The number of ketones is 1. The van der Waals surface area contributed by atoms with Gasteiger partial charge < -0.3 is 4.90 Å². The van der Waals surface area contributed by atoms with Gasteiger partial charge in [-0.25, -0.2) is 4.90 Å². The number of amides is 2. The molecule has 0 spiro atoms. The Bertz CT molecular complexity index is 1190. The van der Waals surface area contributed by atoms with Crippen molar-refractivity contribution in [1.29, 1.82) is 5.26 Å². The van der Waals surface area contributed by atoms with Crippen LogP contribution in [0.3, 0.4) is 0 Å². The van der Waals surface area contributed by atoms with Crippen LogP contribution in [0.25, 0.3) is 0 Å². The van der Waals surface area contributed by atoms with Crippen LogP contribution in [0.1, 0.15) is 15.9 Å². The van der Waals surface area contributed by atoms with E-state index >= 15 is 0 Å². The Morgan fingerprint density at radius 1 is 0.968 bits per heavy atom. The van der Waals surface area contributed by atoms with E-state index in [-0.39, 0.29) is 17.6 Å². The summed E-state index contributed by atoms with van der Waals surface area (Å²) in [6.45, 7) is 1.93. The van der Waals surface area contributed by atoms with Crippen molar-refractivity contribution in [3.05, 3.63) is 89.6 Å². The van der Waals surface area contributed by atoms with Gasteiger partial charge in [-0.1, -0.05) is 48.0 Å². The molecule has 0 bridgehead atoms. The highest BCUT2D eigenvalue weighted by molar-refractivity contribution is 6.24. The molecule has 6 nitrogen and oxygen atoms in total. The minimum Gasteiger partial charge on any atom is -0.359 e. The second-order valence-electron chi connectivity index (χ2n) is 8.06. The second-order valence-corrected chi connectivity index (χ2v) is 8.06. The van der Waals surface area contributed by atoms with E-state index in [9.17, 15) is 19.6 Å². The highest BCUT2D eigenvalue weighted by atomic mass is 16.2. The topological polar surface area (TPSA) is 81.5 Å². The van der Waals surface area contributed by atoms with Crippen molar-refractivity contribution in [3.63, 3.8) is 0 Å². The number of carbonyl (C=O) groups is 3. The third-order valence-electron chi connectivity index (χ3n) is 6.30. The van der Waals surface area contributed by atoms with Crippen molar-refractivity contribution in [1.82, 2.24) is 4.90 Å². The van der Waals surface area contributed by atoms with Crippen LogP contribution in [0.2, 0.25) is 0 Å². The van der Waals surface area contributed by atoms with Crippen LogP contribution >= 0.6 is 0 Å². The van der Waals surface area contributed by atoms with Gasteiger partial charge in [0.2, 0.25) is 11.8 Å². The third-order valence-corrected chi connectivity index (χ3v) is 6.30. The number of fused-ring (bicyclic) bond motifs is 3. The first-order chi connectivity index (χ1) is 15.0. The maximum Gasteiger partial charge on any atom is 0.240 e. The van der Waals surface area contributed by atoms with Gasteiger partial charge in [-0.15, -0.1) is 0 Å². The predicted molar refractivity (Wildman–Crippen MR) is 114 cm³/mol. The highest BCUT2D eigenvalue weighted by Crippen LogP contribution is 2.47. The number of Topliss-reactive ketones (excluding diaryl/α,β-unsaturated/α-hetero) is 1. The molecule has 2 aromatic rings. The fraction of sp³-hybridized carbons (Fsp3) is 0.200. The Labute approximate surface area is 179 Å². The van der Waals surface area contributed by atoms with E-state index in [0.717, 1.165) is 5.56 Å². The van der Waals surface area contributed by atoms with E-state index in [2.05, 4.69) is 6.07 Å². The monoisotopic (exact) mass is 409 g/mol. The van der Waals surface area contributed by atoms with E-state index in [1.165, 1.54) is 4.90 Å². The van der Waals surface area contributed by atoms with Gasteiger partial charge in [0.1, 0.15) is 6.04 Å². The standard InChI is InChI=1S/C25H19N3O3/c1-15-7-9-18(10-8-15)28-24(30)20-19-13-16(14-26)11-12-27(19)22(21(20)25(28)31)23(29)17-5-3-2-4-6-17/h2-13,19-22H,1H3/t19-,20-,21-,22+/m0/s1. The second kappa shape index (κ2) is 7.06. The summed E-state index contributed by atoms with van der Waals surface area (Å²) in [6.07, 6.45) is 4.99. The maximum absolute atomic E-state index is 13.5. The van der Waals surface area contributed by atoms with Crippen molar-refractivity contribution < 1.29 is 14.4 Å². The summed E-state index contributed by atoms with van der Waals surface area (Å²) in [7, 11) is 0. The number of benzene rings is 2. The van der Waals surface area contributed by atoms with Gasteiger partial charge in [0.15, 0.2) is 5.78 Å². The van der Waals surface area contributed by atoms with Gasteiger partial charge in [0.25, 0.3) is 0 Å². The summed E-state index contributed by atoms with van der Waals surface area (Å²) in [5.41, 5.74) is 2.43. The molecule has 4 atom stereocenters. The Kier molecular flexibility index (Phi) is 4.33. The summed E-state index contributed by atoms with van der Waals surface area (Å²) >= 11 is 0. The first-order valence-corrected chi connectivity index (χ1v) is 10.1. The van der Waals surface area contributed by atoms with Crippen LogP contribution in [0.15, 0.2) is 78.5 Å². The molecule has 0 aromatic heterocycles. The van der Waals surface area contributed by atoms with Gasteiger partial charge in [0.05, 0.1) is 35.2 Å². The normalized spacial score (nSPS) is 26.4. The van der Waals surface area contributed by atoms with Crippen molar-refractivity contribution in [2.45, 2.75) is 19.0 Å². The van der Waals surface area contributed by atoms with Gasteiger partial charge in [-0.3, -0.25) is 14.4 Å². The van der Waals surface area contributed by atoms with E-state index in [1.807, 2.05) is 25.1 Å². The van der Waals surface area contributed by atoms with E-state index < -0.39 is 23.9 Å². The predicted octanol–water partition coefficient (Wildman–Crippen LogP) is 3.01. The molecule has 0 N–H and O–H groups in total. The highest BCUT2D eigenvalue weighted by Gasteiger charge is 2.63. The number of anilines is 1. The molecule has 0 saturated carbocycles. The van der Waals surface area contributed by atoms with Crippen molar-refractivity contribution in [3.8, 4) is 6.07 Å². The average Bonchev–Trinajstić information content (AvgIpc) is 3.26. The van der Waals surface area contributed by atoms with E-state index in [0.29, 0.717) is 16.8 Å². The zero-order valence-corrected chi connectivity index (χ0v) is 16.8. The third kappa shape index (κ3) is 2.82. The lowest BCUT2D eigenvalue weighted by Crippen LogP contribution is -2.46. The van der Waals surface area contributed by atoms with Crippen LogP contribution < -0.4 is 4.90 Å². The lowest BCUT2D eigenvalue weighted by Gasteiger charge is -2.32. The summed E-state index contributed by atoms with van der Waals surface area (Å²) in [6, 6.07) is 16.8. The zero-order valence-electron chi connectivity index (χ0n) is 16.8. The quantitative estimate of drug-likeness (QED) is 0.575. The number of nitrogens with zero attached hydrogens (tertiary/aromatic N) is 3. The molecule has 0 unspecified atom stereocenters. The van der Waals surface area contributed by atoms with E-state index in [1.54, 1.807) is 59.7 Å². The molecule has 5 rings (SSSR count). The molecule has 152 valence electrons. The van der Waals surface area contributed by atoms with Crippen molar-refractivity contribution >= 4 is 23.3 Å². The SMILES string of the molecule is Cc1ccc(N2C(=O)[C@@H]3[C@H](C2=O)[C@H](C(=O)c2ccccc2)N2C=CC(C#N)=C[C@@H]32)cc1. The number of hydrogen-bond donors (Lipinski definition) is 0. The zero-order chi connectivity index (χ0) is 21.7. The molecule has 2 saturated heterocycles. The smallest absolute Gasteiger partial charge is 0.240 e. The number of allylic oxidation sites excluding steroid dienone is 2. The Morgan fingerprint density at radius 3 is 2.32 bits per heavy atom. The number of imide groups is 1. The van der Waals surface area contributed by atoms with Gasteiger partial charge in [-0.05, 0) is 31.2 Å². The maximum atomic E-state index is 13.5. The molecular formula is C25H19N3O3. The summed E-state index contributed by atoms with van der Waals surface area (Å²) in [5.74, 6) is -2.45. The molecule has 6 heteroatoms. The Morgan fingerprint density at radius 2 is 1.65 bits per heavy atom. The largest absolute Gasteiger partial charge is 0.359 e. The molecule has 2 aromatic carbocycles. The van der Waals surface area contributed by atoms with Crippen LogP contribution in [0.5, 0.6) is 0 Å². The van der Waals surface area contributed by atoms with Crippen LogP contribution in [-0.4, -0.2) is 34.6 Å². The first-order valence-electron chi connectivity index (χ1n) is 10.1. The summed E-state index contributed by atoms with van der Waals surface area (Å²) in [5, 5.41) is 9.36. The fourth-order valence-corrected chi connectivity index (χ4v) is 4.84. The molecule has 2 amide bonds.